The molecular weight excluding hydrogens is 209 g/mol. The number of aromatic amines is 1. The van der Waals surface area contributed by atoms with Crippen LogP contribution in [0.5, 0.6) is 0 Å². The molecule has 0 saturated heterocycles. The van der Waals surface area contributed by atoms with Gasteiger partial charge in [-0.3, -0.25) is 4.79 Å². The molecule has 1 N–H and O–H groups in total. The number of H-pyrrole nitrogens is 1. The Labute approximate surface area is 71.4 Å². The number of hydrogen-bond donors (Lipinski definition) is 1. The number of nitrogens with one attached hydrogen (secondary N) is 1. The zero-order chi connectivity index (χ0) is 9.35. The third-order valence-electron chi connectivity index (χ3n) is 1.10. The lowest BCUT2D eigenvalue weighted by Gasteiger charge is -1.93. The highest BCUT2D eigenvalue weighted by Gasteiger charge is 2.14. The molecule has 0 radical (unpaired) electrons. The lowest BCUT2D eigenvalue weighted by molar-refractivity contribution is 0.576. The molecule has 1 heterocycles. The number of rotatable bonds is 1. The summed E-state index contributed by atoms with van der Waals surface area (Å²) in [7, 11) is 0.757. The van der Waals surface area contributed by atoms with Crippen molar-refractivity contribution in [2.45, 2.75) is 4.90 Å². The van der Waals surface area contributed by atoms with Crippen molar-refractivity contribution in [3.63, 3.8) is 0 Å². The van der Waals surface area contributed by atoms with E-state index in [1.165, 1.54) is 0 Å². The first-order chi connectivity index (χ1) is 5.41. The van der Waals surface area contributed by atoms with Crippen molar-refractivity contribution >= 4 is 19.7 Å². The topological polar surface area (TPSA) is 67.0 Å². The summed E-state index contributed by atoms with van der Waals surface area (Å²) in [5, 5.41) is 0. The molecule has 1 aromatic rings. The van der Waals surface area contributed by atoms with Crippen LogP contribution in [0.15, 0.2) is 22.0 Å². The van der Waals surface area contributed by atoms with Gasteiger partial charge in [-0.05, 0) is 0 Å². The van der Waals surface area contributed by atoms with E-state index in [-0.39, 0.29) is 0 Å². The van der Waals surface area contributed by atoms with Crippen LogP contribution in [0.25, 0.3) is 0 Å². The van der Waals surface area contributed by atoms with E-state index in [1.807, 2.05) is 4.98 Å². The molecule has 0 bridgehead atoms. The first-order valence-electron chi connectivity index (χ1n) is 2.74. The van der Waals surface area contributed by atoms with Gasteiger partial charge >= 0.3 is 0 Å². The molecule has 0 spiro atoms. The van der Waals surface area contributed by atoms with Crippen molar-refractivity contribution in [3.05, 3.63) is 28.4 Å². The maximum absolute atomic E-state index is 12.2. The fraction of sp³-hybridized carbons (Fsp3) is 0. The Bertz CT molecular complexity index is 452. The van der Waals surface area contributed by atoms with Gasteiger partial charge < -0.3 is 4.98 Å². The van der Waals surface area contributed by atoms with Crippen LogP contribution >= 0.6 is 10.7 Å². The van der Waals surface area contributed by atoms with Gasteiger partial charge in [-0.1, -0.05) is 0 Å². The van der Waals surface area contributed by atoms with Gasteiger partial charge in [0.15, 0.2) is 5.95 Å². The number of halogens is 2. The zero-order valence-corrected chi connectivity index (χ0v) is 7.12. The van der Waals surface area contributed by atoms with Crippen LogP contribution in [-0.2, 0) is 9.05 Å². The molecule has 4 nitrogen and oxygen atoms in total. The van der Waals surface area contributed by atoms with Crippen molar-refractivity contribution in [1.82, 2.24) is 4.98 Å². The van der Waals surface area contributed by atoms with E-state index in [1.54, 1.807) is 0 Å². The van der Waals surface area contributed by atoms with Gasteiger partial charge in [0, 0.05) is 22.9 Å². The fourth-order valence-electron chi connectivity index (χ4n) is 0.624. The molecule has 0 aliphatic rings. The Hall–Kier alpha value is -0.880. The molecule has 0 saturated carbocycles. The number of aromatic nitrogens is 1. The molecular formula is C5H3ClFNO3S. The summed E-state index contributed by atoms with van der Waals surface area (Å²) < 4.78 is 33.4. The molecule has 0 aromatic carbocycles. The second kappa shape index (κ2) is 2.87. The molecule has 0 aliphatic carbocycles. The Morgan fingerprint density at radius 3 is 2.50 bits per heavy atom. The monoisotopic (exact) mass is 211 g/mol. The van der Waals surface area contributed by atoms with Crippen LogP contribution in [0.1, 0.15) is 0 Å². The third-order valence-corrected chi connectivity index (χ3v) is 2.45. The minimum absolute atomic E-state index is 0.509. The van der Waals surface area contributed by atoms with Crippen LogP contribution in [0.3, 0.4) is 0 Å². The minimum Gasteiger partial charge on any atom is -0.337 e. The van der Waals surface area contributed by atoms with E-state index in [4.69, 9.17) is 10.7 Å². The van der Waals surface area contributed by atoms with Crippen LogP contribution in [-0.4, -0.2) is 13.4 Å². The Balaban J connectivity index is 3.50. The summed E-state index contributed by atoms with van der Waals surface area (Å²) in [6.07, 6.45) is 0.708. The predicted octanol–water partition coefficient (Wildman–Crippen LogP) is 0.442. The quantitative estimate of drug-likeness (QED) is 0.542. The minimum atomic E-state index is -4.09. The first-order valence-corrected chi connectivity index (χ1v) is 5.05. The van der Waals surface area contributed by atoms with Gasteiger partial charge in [-0.2, -0.15) is 4.39 Å². The SMILES string of the molecule is O=c1cc(F)[nH]cc1S(=O)(=O)Cl. The van der Waals surface area contributed by atoms with Crippen LogP contribution < -0.4 is 5.43 Å². The third kappa shape index (κ3) is 1.83. The standard InChI is InChI=1S/C5H3ClFNO3S/c6-12(10,11)4-2-8-5(7)1-3(4)9/h1-2H,(H,8,9). The van der Waals surface area contributed by atoms with Gasteiger partial charge in [0.2, 0.25) is 5.43 Å². The average Bonchev–Trinajstić information content (AvgIpc) is 1.83. The highest BCUT2D eigenvalue weighted by Crippen LogP contribution is 2.07. The lowest BCUT2D eigenvalue weighted by atomic mass is 10.5. The molecule has 12 heavy (non-hydrogen) atoms. The van der Waals surface area contributed by atoms with Crippen molar-refractivity contribution in [3.8, 4) is 0 Å². The zero-order valence-electron chi connectivity index (χ0n) is 5.54. The Morgan fingerprint density at radius 1 is 1.50 bits per heavy atom. The maximum atomic E-state index is 12.2. The lowest BCUT2D eigenvalue weighted by Crippen LogP contribution is -2.11. The predicted molar refractivity (Wildman–Crippen MR) is 40.1 cm³/mol. The summed E-state index contributed by atoms with van der Waals surface area (Å²) >= 11 is 0. The molecule has 7 heteroatoms. The second-order valence-corrected chi connectivity index (χ2v) is 4.48. The van der Waals surface area contributed by atoms with E-state index < -0.39 is 25.3 Å². The van der Waals surface area contributed by atoms with E-state index in [0.29, 0.717) is 12.3 Å². The molecule has 1 rings (SSSR count). The van der Waals surface area contributed by atoms with Gasteiger partial charge in [-0.25, -0.2) is 8.42 Å². The molecule has 0 fully saturated rings. The summed E-state index contributed by atoms with van der Waals surface area (Å²) in [6.45, 7) is 0. The van der Waals surface area contributed by atoms with E-state index >= 15 is 0 Å². The number of pyridine rings is 1. The highest BCUT2D eigenvalue weighted by atomic mass is 35.7. The van der Waals surface area contributed by atoms with Gasteiger partial charge in [0.25, 0.3) is 9.05 Å². The maximum Gasteiger partial charge on any atom is 0.266 e. The van der Waals surface area contributed by atoms with E-state index in [0.717, 1.165) is 0 Å². The molecule has 0 aliphatic heterocycles. The first kappa shape index (κ1) is 9.21. The Morgan fingerprint density at radius 2 is 2.08 bits per heavy atom. The molecule has 0 amide bonds. The van der Waals surface area contributed by atoms with Crippen molar-refractivity contribution in [2.75, 3.05) is 0 Å². The summed E-state index contributed by atoms with van der Waals surface area (Å²) in [5.41, 5.74) is -0.971. The highest BCUT2D eigenvalue weighted by molar-refractivity contribution is 8.13. The molecule has 0 unspecified atom stereocenters. The largest absolute Gasteiger partial charge is 0.337 e. The van der Waals surface area contributed by atoms with Gasteiger partial charge in [0.1, 0.15) is 4.90 Å². The van der Waals surface area contributed by atoms with Crippen molar-refractivity contribution in [2.24, 2.45) is 0 Å². The van der Waals surface area contributed by atoms with Crippen LogP contribution in [0.2, 0.25) is 0 Å². The number of hydrogen-bond acceptors (Lipinski definition) is 3. The summed E-state index contributed by atoms with van der Waals surface area (Å²) in [4.78, 5) is 12.0. The van der Waals surface area contributed by atoms with E-state index in [9.17, 15) is 17.6 Å². The van der Waals surface area contributed by atoms with Crippen molar-refractivity contribution in [1.29, 1.82) is 0 Å². The average molecular weight is 212 g/mol. The van der Waals surface area contributed by atoms with Crippen molar-refractivity contribution < 1.29 is 12.8 Å². The summed E-state index contributed by atoms with van der Waals surface area (Å²) in [5.74, 6) is -0.913. The van der Waals surface area contributed by atoms with Crippen LogP contribution in [0, 0.1) is 5.95 Å². The fourth-order valence-corrected chi connectivity index (χ4v) is 1.48. The second-order valence-electron chi connectivity index (χ2n) is 1.95. The van der Waals surface area contributed by atoms with E-state index in [2.05, 4.69) is 0 Å². The van der Waals surface area contributed by atoms with Gasteiger partial charge in [0.05, 0.1) is 0 Å². The van der Waals surface area contributed by atoms with Gasteiger partial charge in [-0.15, -0.1) is 0 Å². The molecule has 66 valence electrons. The smallest absolute Gasteiger partial charge is 0.266 e. The normalized spacial score (nSPS) is 11.5. The Kier molecular flexibility index (Phi) is 2.20. The molecule has 1 aromatic heterocycles. The molecule has 0 atom stereocenters. The van der Waals surface area contributed by atoms with Crippen LogP contribution in [0.4, 0.5) is 4.39 Å². The summed E-state index contributed by atoms with van der Waals surface area (Å²) in [6, 6.07) is 0.509.